The number of carbonyl (C=O) groups excluding carboxylic acids is 1. The average molecular weight is 282 g/mol. The van der Waals surface area contributed by atoms with Gasteiger partial charge in [-0.2, -0.15) is 0 Å². The van der Waals surface area contributed by atoms with E-state index in [4.69, 9.17) is 9.15 Å². The SMILES string of the molecule is CCCO[C@H](C)CNC(=O)N(CC)Cc1ccc(C)o1. The summed E-state index contributed by atoms with van der Waals surface area (Å²) in [6.07, 6.45) is 1.01. The first-order chi connectivity index (χ1) is 9.56. The first-order valence-corrected chi connectivity index (χ1v) is 7.26. The minimum absolute atomic E-state index is 0.0310. The molecule has 0 saturated heterocycles. The standard InChI is InChI=1S/C15H26N2O3/c1-5-9-19-13(4)10-16-15(18)17(6-2)11-14-8-7-12(3)20-14/h7-8,13H,5-6,9-11H2,1-4H3,(H,16,18)/t13-/m1/s1. The second-order valence-corrected chi connectivity index (χ2v) is 4.89. The zero-order chi connectivity index (χ0) is 15.0. The third-order valence-corrected chi connectivity index (χ3v) is 2.96. The molecular formula is C15H26N2O3. The van der Waals surface area contributed by atoms with Crippen molar-refractivity contribution in [1.29, 1.82) is 0 Å². The summed E-state index contributed by atoms with van der Waals surface area (Å²) >= 11 is 0. The third kappa shape index (κ3) is 5.65. The lowest BCUT2D eigenvalue weighted by atomic mass is 10.3. The monoisotopic (exact) mass is 282 g/mol. The van der Waals surface area contributed by atoms with Crippen LogP contribution >= 0.6 is 0 Å². The minimum Gasteiger partial charge on any atom is -0.464 e. The van der Waals surface area contributed by atoms with Crippen molar-refractivity contribution < 1.29 is 13.9 Å². The fourth-order valence-corrected chi connectivity index (χ4v) is 1.81. The molecule has 0 aliphatic heterocycles. The van der Waals surface area contributed by atoms with Gasteiger partial charge < -0.3 is 19.4 Å². The molecule has 0 fully saturated rings. The zero-order valence-corrected chi connectivity index (χ0v) is 12.9. The van der Waals surface area contributed by atoms with Crippen LogP contribution in [0.2, 0.25) is 0 Å². The Labute approximate surface area is 121 Å². The van der Waals surface area contributed by atoms with Gasteiger partial charge in [0.05, 0.1) is 12.6 Å². The normalized spacial score (nSPS) is 12.2. The average Bonchev–Trinajstić information content (AvgIpc) is 2.85. The number of carbonyl (C=O) groups is 1. The zero-order valence-electron chi connectivity index (χ0n) is 12.9. The van der Waals surface area contributed by atoms with Gasteiger partial charge in [-0.15, -0.1) is 0 Å². The van der Waals surface area contributed by atoms with Crippen LogP contribution in [0.25, 0.3) is 0 Å². The fraction of sp³-hybridized carbons (Fsp3) is 0.667. The molecule has 1 atom stereocenters. The van der Waals surface area contributed by atoms with E-state index in [0.717, 1.165) is 24.5 Å². The molecule has 5 heteroatoms. The van der Waals surface area contributed by atoms with E-state index in [1.54, 1.807) is 4.90 Å². The van der Waals surface area contributed by atoms with Crippen LogP contribution in [0.15, 0.2) is 16.5 Å². The second kappa shape index (κ2) is 8.64. The molecule has 0 aliphatic rings. The number of ether oxygens (including phenoxy) is 1. The van der Waals surface area contributed by atoms with E-state index >= 15 is 0 Å². The Morgan fingerprint density at radius 3 is 2.75 bits per heavy atom. The molecular weight excluding hydrogens is 256 g/mol. The van der Waals surface area contributed by atoms with Crippen molar-refractivity contribution in [2.75, 3.05) is 19.7 Å². The van der Waals surface area contributed by atoms with Crippen molar-refractivity contribution in [2.24, 2.45) is 0 Å². The van der Waals surface area contributed by atoms with Gasteiger partial charge in [-0.05, 0) is 39.3 Å². The third-order valence-electron chi connectivity index (χ3n) is 2.96. The van der Waals surface area contributed by atoms with Gasteiger partial charge in [0.15, 0.2) is 0 Å². The van der Waals surface area contributed by atoms with Crippen LogP contribution in [0.5, 0.6) is 0 Å². The number of hydrogen-bond acceptors (Lipinski definition) is 3. The van der Waals surface area contributed by atoms with Crippen LogP contribution in [0.4, 0.5) is 4.79 Å². The van der Waals surface area contributed by atoms with E-state index in [0.29, 0.717) is 19.6 Å². The van der Waals surface area contributed by atoms with Crippen molar-refractivity contribution in [3.05, 3.63) is 23.7 Å². The Morgan fingerprint density at radius 2 is 2.20 bits per heavy atom. The molecule has 0 aromatic carbocycles. The van der Waals surface area contributed by atoms with Crippen molar-refractivity contribution >= 4 is 6.03 Å². The van der Waals surface area contributed by atoms with Crippen LogP contribution in [0, 0.1) is 6.92 Å². The van der Waals surface area contributed by atoms with Crippen molar-refractivity contribution in [2.45, 2.75) is 46.8 Å². The highest BCUT2D eigenvalue weighted by Gasteiger charge is 2.14. The maximum absolute atomic E-state index is 12.1. The summed E-state index contributed by atoms with van der Waals surface area (Å²) < 4.78 is 11.0. The summed E-state index contributed by atoms with van der Waals surface area (Å²) in [6.45, 7) is 10.2. The quantitative estimate of drug-likeness (QED) is 0.797. The Balaban J connectivity index is 2.38. The van der Waals surface area contributed by atoms with E-state index < -0.39 is 0 Å². The summed E-state index contributed by atoms with van der Waals surface area (Å²) in [5.74, 6) is 1.66. The number of hydrogen-bond donors (Lipinski definition) is 1. The number of furan rings is 1. The van der Waals surface area contributed by atoms with Gasteiger partial charge in [0.25, 0.3) is 0 Å². The van der Waals surface area contributed by atoms with E-state index in [2.05, 4.69) is 12.2 Å². The largest absolute Gasteiger partial charge is 0.464 e. The molecule has 1 aromatic rings. The molecule has 0 saturated carbocycles. The summed E-state index contributed by atoms with van der Waals surface area (Å²) in [7, 11) is 0. The van der Waals surface area contributed by atoms with Crippen molar-refractivity contribution in [3.8, 4) is 0 Å². The topological polar surface area (TPSA) is 54.7 Å². The number of nitrogens with one attached hydrogen (secondary N) is 1. The number of urea groups is 1. The predicted molar refractivity (Wildman–Crippen MR) is 78.6 cm³/mol. The molecule has 0 unspecified atom stereocenters. The molecule has 114 valence electrons. The highest BCUT2D eigenvalue weighted by atomic mass is 16.5. The van der Waals surface area contributed by atoms with E-state index in [1.165, 1.54) is 0 Å². The molecule has 1 aromatic heterocycles. The van der Waals surface area contributed by atoms with Gasteiger partial charge in [-0.3, -0.25) is 0 Å². The summed E-state index contributed by atoms with van der Waals surface area (Å²) in [6, 6.07) is 3.72. The van der Waals surface area contributed by atoms with Gasteiger partial charge >= 0.3 is 6.03 Å². The molecule has 1 rings (SSSR count). The molecule has 20 heavy (non-hydrogen) atoms. The Hall–Kier alpha value is -1.49. The van der Waals surface area contributed by atoms with Crippen molar-refractivity contribution in [1.82, 2.24) is 10.2 Å². The van der Waals surface area contributed by atoms with Gasteiger partial charge in [0.1, 0.15) is 11.5 Å². The highest BCUT2D eigenvalue weighted by molar-refractivity contribution is 5.74. The molecule has 0 bridgehead atoms. The van der Waals surface area contributed by atoms with E-state index in [1.807, 2.05) is 32.9 Å². The van der Waals surface area contributed by atoms with Crippen LogP contribution in [-0.4, -0.2) is 36.7 Å². The molecule has 5 nitrogen and oxygen atoms in total. The lowest BCUT2D eigenvalue weighted by Gasteiger charge is -2.21. The highest BCUT2D eigenvalue weighted by Crippen LogP contribution is 2.09. The van der Waals surface area contributed by atoms with Crippen LogP contribution in [-0.2, 0) is 11.3 Å². The second-order valence-electron chi connectivity index (χ2n) is 4.89. The van der Waals surface area contributed by atoms with Gasteiger partial charge in [0.2, 0.25) is 0 Å². The van der Waals surface area contributed by atoms with E-state index in [-0.39, 0.29) is 12.1 Å². The van der Waals surface area contributed by atoms with Gasteiger partial charge in [-0.1, -0.05) is 6.92 Å². The number of aryl methyl sites for hydroxylation is 1. The molecule has 1 heterocycles. The van der Waals surface area contributed by atoms with Gasteiger partial charge in [-0.25, -0.2) is 4.79 Å². The summed E-state index contributed by atoms with van der Waals surface area (Å²) in [4.78, 5) is 13.8. The summed E-state index contributed by atoms with van der Waals surface area (Å²) in [5, 5.41) is 2.89. The fourth-order valence-electron chi connectivity index (χ4n) is 1.81. The molecule has 0 spiro atoms. The predicted octanol–water partition coefficient (Wildman–Crippen LogP) is 2.93. The molecule has 0 aliphatic carbocycles. The lowest BCUT2D eigenvalue weighted by molar-refractivity contribution is 0.0665. The smallest absolute Gasteiger partial charge is 0.317 e. The first-order valence-electron chi connectivity index (χ1n) is 7.26. The Kier molecular flexibility index (Phi) is 7.15. The van der Waals surface area contributed by atoms with E-state index in [9.17, 15) is 4.79 Å². The van der Waals surface area contributed by atoms with Gasteiger partial charge in [0, 0.05) is 19.7 Å². The number of rotatable bonds is 8. The van der Waals surface area contributed by atoms with Crippen LogP contribution in [0.3, 0.4) is 0 Å². The molecule has 1 N–H and O–H groups in total. The number of amides is 2. The van der Waals surface area contributed by atoms with Crippen LogP contribution < -0.4 is 5.32 Å². The Bertz CT molecular complexity index is 404. The molecule has 0 radical (unpaired) electrons. The minimum atomic E-state index is -0.0894. The Morgan fingerprint density at radius 1 is 1.45 bits per heavy atom. The van der Waals surface area contributed by atoms with Crippen LogP contribution in [0.1, 0.15) is 38.7 Å². The maximum Gasteiger partial charge on any atom is 0.317 e. The first kappa shape index (κ1) is 16.6. The van der Waals surface area contributed by atoms with Crippen molar-refractivity contribution in [3.63, 3.8) is 0 Å². The summed E-state index contributed by atoms with van der Waals surface area (Å²) in [5.41, 5.74) is 0. The number of nitrogens with zero attached hydrogens (tertiary/aromatic N) is 1. The maximum atomic E-state index is 12.1. The molecule has 2 amide bonds. The lowest BCUT2D eigenvalue weighted by Crippen LogP contribution is -2.42.